The number of Topliss-reactive ketones (excluding diaryl/α,β-unsaturated/α-hetero) is 1. The fourth-order valence-corrected chi connectivity index (χ4v) is 4.25. The third kappa shape index (κ3) is 2.92. The molecule has 4 heteroatoms. The minimum Gasteiger partial charge on any atom is -0.463 e. The molecule has 4 rings (SSSR count). The molecule has 146 valence electrons. The Morgan fingerprint density at radius 2 is 1.72 bits per heavy atom. The zero-order valence-corrected chi connectivity index (χ0v) is 16.8. The van der Waals surface area contributed by atoms with E-state index in [2.05, 4.69) is 0 Å². The Hall–Kier alpha value is -3.40. The largest absolute Gasteiger partial charge is 0.463 e. The Labute approximate surface area is 170 Å². The first-order chi connectivity index (χ1) is 14.1. The van der Waals surface area contributed by atoms with Crippen LogP contribution >= 0.6 is 0 Å². The van der Waals surface area contributed by atoms with Gasteiger partial charge in [0, 0.05) is 34.5 Å². The van der Waals surface area contributed by atoms with Crippen LogP contribution in [0.2, 0.25) is 0 Å². The molecule has 0 amide bonds. The lowest BCUT2D eigenvalue weighted by Crippen LogP contribution is -2.30. The molecular formula is C25H23NO3. The van der Waals surface area contributed by atoms with E-state index in [4.69, 9.17) is 4.74 Å². The van der Waals surface area contributed by atoms with Crippen LogP contribution in [0.3, 0.4) is 0 Å². The minimum absolute atomic E-state index is 0.0340. The van der Waals surface area contributed by atoms with Crippen LogP contribution in [0.15, 0.2) is 83.7 Å². The first kappa shape index (κ1) is 18.9. The first-order valence-electron chi connectivity index (χ1n) is 9.83. The van der Waals surface area contributed by atoms with E-state index < -0.39 is 5.92 Å². The molecule has 2 aromatic carbocycles. The van der Waals surface area contributed by atoms with Crippen molar-refractivity contribution in [2.45, 2.75) is 26.7 Å². The first-order valence-corrected chi connectivity index (χ1v) is 9.83. The van der Waals surface area contributed by atoms with Gasteiger partial charge in [-0.1, -0.05) is 60.7 Å². The van der Waals surface area contributed by atoms with E-state index in [0.29, 0.717) is 16.7 Å². The van der Waals surface area contributed by atoms with Gasteiger partial charge in [-0.25, -0.2) is 4.79 Å². The molecule has 1 aliphatic carbocycles. The van der Waals surface area contributed by atoms with Crippen molar-refractivity contribution in [3.63, 3.8) is 0 Å². The van der Waals surface area contributed by atoms with E-state index in [1.807, 2.05) is 85.6 Å². The van der Waals surface area contributed by atoms with Gasteiger partial charge in [-0.3, -0.25) is 4.79 Å². The van der Waals surface area contributed by atoms with E-state index in [1.54, 1.807) is 6.92 Å². The quantitative estimate of drug-likeness (QED) is 0.690. The molecule has 29 heavy (non-hydrogen) atoms. The predicted molar refractivity (Wildman–Crippen MR) is 113 cm³/mol. The number of ketones is 1. The summed E-state index contributed by atoms with van der Waals surface area (Å²) < 4.78 is 5.41. The summed E-state index contributed by atoms with van der Waals surface area (Å²) in [5.41, 5.74) is 5.24. The average Bonchev–Trinajstić information content (AvgIpc) is 3.03. The summed E-state index contributed by atoms with van der Waals surface area (Å²) in [5.74, 6) is -0.886. The van der Waals surface area contributed by atoms with Crippen LogP contribution in [0.5, 0.6) is 0 Å². The molecule has 2 aliphatic rings. The molecule has 1 heterocycles. The molecule has 1 unspecified atom stereocenters. The van der Waals surface area contributed by atoms with Crippen LogP contribution in [0, 0.1) is 0 Å². The van der Waals surface area contributed by atoms with Gasteiger partial charge in [-0.05, 0) is 26.3 Å². The third-order valence-corrected chi connectivity index (χ3v) is 5.42. The van der Waals surface area contributed by atoms with Gasteiger partial charge in [0.25, 0.3) is 0 Å². The molecule has 2 aromatic rings. The number of fused-ring (bicyclic) bond motifs is 2. The fraction of sp³-hybridized carbons (Fsp3) is 0.200. The minimum atomic E-state index is -0.466. The van der Waals surface area contributed by atoms with Gasteiger partial charge in [0.05, 0.1) is 17.9 Å². The Morgan fingerprint density at radius 1 is 1.07 bits per heavy atom. The number of hydrogen-bond acceptors (Lipinski definition) is 4. The lowest BCUT2D eigenvalue weighted by atomic mass is 9.79. The van der Waals surface area contributed by atoms with Gasteiger partial charge in [-0.2, -0.15) is 0 Å². The SMILES string of the molecule is C/C=C\N1C(C)=C(C(=O)OCC)C(c2ccccc2)C2=C1c1ccccc1C2=O. The van der Waals surface area contributed by atoms with Gasteiger partial charge in [-0.15, -0.1) is 0 Å². The van der Waals surface area contributed by atoms with E-state index in [1.165, 1.54) is 0 Å². The number of rotatable bonds is 4. The van der Waals surface area contributed by atoms with Gasteiger partial charge in [0.1, 0.15) is 0 Å². The van der Waals surface area contributed by atoms with Gasteiger partial charge in [0.15, 0.2) is 5.78 Å². The van der Waals surface area contributed by atoms with Crippen molar-refractivity contribution in [3.8, 4) is 0 Å². The lowest BCUT2D eigenvalue weighted by molar-refractivity contribution is -0.138. The van der Waals surface area contributed by atoms with Gasteiger partial charge in [0.2, 0.25) is 0 Å². The highest BCUT2D eigenvalue weighted by atomic mass is 16.5. The maximum Gasteiger partial charge on any atom is 0.336 e. The molecule has 4 nitrogen and oxygen atoms in total. The van der Waals surface area contributed by atoms with Crippen LogP contribution < -0.4 is 0 Å². The Kier molecular flexibility index (Phi) is 4.93. The summed E-state index contributed by atoms with van der Waals surface area (Å²) in [7, 11) is 0. The van der Waals surface area contributed by atoms with Crippen LogP contribution in [-0.2, 0) is 9.53 Å². The monoisotopic (exact) mass is 385 g/mol. The Bertz CT molecular complexity index is 1080. The molecular weight excluding hydrogens is 362 g/mol. The topological polar surface area (TPSA) is 46.6 Å². The van der Waals surface area contributed by atoms with Crippen LogP contribution in [0.1, 0.15) is 48.2 Å². The molecule has 0 bridgehead atoms. The van der Waals surface area contributed by atoms with E-state index in [0.717, 1.165) is 22.5 Å². The highest BCUT2D eigenvalue weighted by Gasteiger charge is 2.45. The lowest BCUT2D eigenvalue weighted by Gasteiger charge is -2.35. The second-order valence-electron chi connectivity index (χ2n) is 7.05. The standard InChI is InChI=1S/C25H23NO3/c1-4-15-26-16(3)20(25(28)29-5-2)21(17-11-7-6-8-12-17)22-23(26)18-13-9-10-14-19(18)24(22)27/h4,6-15,21H,5H2,1-3H3/b15-4-. The molecule has 0 N–H and O–H groups in total. The number of benzene rings is 2. The van der Waals surface area contributed by atoms with Crippen molar-refractivity contribution in [2.24, 2.45) is 0 Å². The zero-order chi connectivity index (χ0) is 20.5. The van der Waals surface area contributed by atoms with E-state index >= 15 is 0 Å². The number of nitrogens with zero attached hydrogens (tertiary/aromatic N) is 1. The summed E-state index contributed by atoms with van der Waals surface area (Å²) in [6.45, 7) is 5.90. The van der Waals surface area contributed by atoms with Gasteiger partial charge < -0.3 is 9.64 Å². The number of carbonyl (C=O) groups excluding carboxylic acids is 2. The normalized spacial score (nSPS) is 18.4. The van der Waals surface area contributed by atoms with Crippen molar-refractivity contribution in [3.05, 3.63) is 100 Å². The van der Waals surface area contributed by atoms with Crippen molar-refractivity contribution in [1.29, 1.82) is 0 Å². The maximum absolute atomic E-state index is 13.5. The summed E-state index contributed by atoms with van der Waals surface area (Å²) in [4.78, 5) is 28.5. The molecule has 1 aliphatic heterocycles. The van der Waals surface area contributed by atoms with E-state index in [-0.39, 0.29) is 18.4 Å². The van der Waals surface area contributed by atoms with Gasteiger partial charge >= 0.3 is 5.97 Å². The maximum atomic E-state index is 13.5. The van der Waals surface area contributed by atoms with Crippen molar-refractivity contribution >= 4 is 17.4 Å². The zero-order valence-electron chi connectivity index (χ0n) is 16.8. The van der Waals surface area contributed by atoms with E-state index in [9.17, 15) is 9.59 Å². The average molecular weight is 385 g/mol. The van der Waals surface area contributed by atoms with Crippen molar-refractivity contribution in [1.82, 2.24) is 4.90 Å². The second kappa shape index (κ2) is 7.55. The summed E-state index contributed by atoms with van der Waals surface area (Å²) >= 11 is 0. The van der Waals surface area contributed by atoms with Crippen molar-refractivity contribution < 1.29 is 14.3 Å². The molecule has 0 radical (unpaired) electrons. The van der Waals surface area contributed by atoms with Crippen LogP contribution in [-0.4, -0.2) is 23.3 Å². The Balaban J connectivity index is 2.02. The second-order valence-corrected chi connectivity index (χ2v) is 7.05. The molecule has 0 spiro atoms. The molecule has 1 atom stereocenters. The fourth-order valence-electron chi connectivity index (χ4n) is 4.25. The highest BCUT2D eigenvalue weighted by Crippen LogP contribution is 2.50. The highest BCUT2D eigenvalue weighted by molar-refractivity contribution is 6.23. The summed E-state index contributed by atoms with van der Waals surface area (Å²) in [6.07, 6.45) is 3.81. The molecule has 0 saturated heterocycles. The molecule has 0 saturated carbocycles. The molecule has 0 fully saturated rings. The smallest absolute Gasteiger partial charge is 0.336 e. The van der Waals surface area contributed by atoms with Crippen LogP contribution in [0.4, 0.5) is 0 Å². The number of carbonyl (C=O) groups is 2. The summed E-state index contributed by atoms with van der Waals surface area (Å²) in [6, 6.07) is 17.3. The Morgan fingerprint density at radius 3 is 2.38 bits per heavy atom. The molecule has 0 aromatic heterocycles. The number of allylic oxidation sites excluding steroid dienone is 3. The number of hydrogen-bond donors (Lipinski definition) is 0. The van der Waals surface area contributed by atoms with Crippen LogP contribution in [0.25, 0.3) is 5.70 Å². The number of ether oxygens (including phenoxy) is 1. The third-order valence-electron chi connectivity index (χ3n) is 5.42. The van der Waals surface area contributed by atoms with Crippen molar-refractivity contribution in [2.75, 3.05) is 6.61 Å². The summed E-state index contributed by atoms with van der Waals surface area (Å²) in [5, 5.41) is 0. The predicted octanol–water partition coefficient (Wildman–Crippen LogP) is 5.06. The number of esters is 1.